The lowest BCUT2D eigenvalue weighted by Gasteiger charge is -2.07. The van der Waals surface area contributed by atoms with Crippen molar-refractivity contribution in [3.63, 3.8) is 0 Å². The first-order valence-corrected chi connectivity index (χ1v) is 4.87. The van der Waals surface area contributed by atoms with Crippen molar-refractivity contribution in [2.75, 3.05) is 18.9 Å². The molecule has 0 unspecified atom stereocenters. The van der Waals surface area contributed by atoms with E-state index in [9.17, 15) is 9.90 Å². The lowest BCUT2D eigenvalue weighted by atomic mass is 10.2. The van der Waals surface area contributed by atoms with Gasteiger partial charge in [0.15, 0.2) is 0 Å². The predicted molar refractivity (Wildman–Crippen MR) is 67.3 cm³/mol. The molecular formula is C11H17ClN2O2. The largest absolute Gasteiger partial charge is 0.506 e. The molecule has 0 heterocycles. The Balaban J connectivity index is 0.00000225. The summed E-state index contributed by atoms with van der Waals surface area (Å²) in [6, 6.07) is 5.11. The Labute approximate surface area is 101 Å². The molecule has 16 heavy (non-hydrogen) atoms. The normalized spacial score (nSPS) is 9.38. The van der Waals surface area contributed by atoms with E-state index in [4.69, 9.17) is 0 Å². The minimum absolute atomic E-state index is 0. The number of carbonyl (C=O) groups is 1. The third-order valence-electron chi connectivity index (χ3n) is 2.03. The van der Waals surface area contributed by atoms with Gasteiger partial charge in [0, 0.05) is 13.0 Å². The molecule has 0 saturated carbocycles. The highest BCUT2D eigenvalue weighted by Gasteiger charge is 2.05. The maximum Gasteiger partial charge on any atom is 0.225 e. The number of aromatic hydroxyl groups is 1. The monoisotopic (exact) mass is 244 g/mol. The quantitative estimate of drug-likeness (QED) is 0.706. The minimum atomic E-state index is -0.106. The van der Waals surface area contributed by atoms with Crippen molar-refractivity contribution in [2.45, 2.75) is 13.3 Å². The van der Waals surface area contributed by atoms with Crippen molar-refractivity contribution >= 4 is 24.0 Å². The van der Waals surface area contributed by atoms with E-state index in [0.717, 1.165) is 5.56 Å². The van der Waals surface area contributed by atoms with Crippen LogP contribution in [0.1, 0.15) is 12.0 Å². The molecular weight excluding hydrogens is 228 g/mol. The average Bonchev–Trinajstić information content (AvgIpc) is 2.20. The van der Waals surface area contributed by atoms with Crippen LogP contribution in [0, 0.1) is 6.92 Å². The Morgan fingerprint density at radius 2 is 2.12 bits per heavy atom. The zero-order valence-corrected chi connectivity index (χ0v) is 10.2. The molecule has 1 amide bonds. The lowest BCUT2D eigenvalue weighted by molar-refractivity contribution is -0.116. The van der Waals surface area contributed by atoms with Crippen molar-refractivity contribution in [3.05, 3.63) is 23.8 Å². The van der Waals surface area contributed by atoms with Crippen LogP contribution in [0.2, 0.25) is 0 Å². The van der Waals surface area contributed by atoms with Crippen molar-refractivity contribution in [3.8, 4) is 5.75 Å². The van der Waals surface area contributed by atoms with Crippen molar-refractivity contribution in [1.82, 2.24) is 5.32 Å². The van der Waals surface area contributed by atoms with Gasteiger partial charge in [-0.2, -0.15) is 0 Å². The maximum absolute atomic E-state index is 11.4. The molecule has 1 rings (SSSR count). The van der Waals surface area contributed by atoms with E-state index in [-0.39, 0.29) is 24.1 Å². The molecule has 0 aromatic heterocycles. The summed E-state index contributed by atoms with van der Waals surface area (Å²) in [6.07, 6.45) is 0.393. The zero-order chi connectivity index (χ0) is 11.3. The molecule has 0 aliphatic heterocycles. The van der Waals surface area contributed by atoms with Gasteiger partial charge in [-0.3, -0.25) is 4.79 Å². The highest BCUT2D eigenvalue weighted by Crippen LogP contribution is 2.23. The Hall–Kier alpha value is -1.26. The van der Waals surface area contributed by atoms with Gasteiger partial charge in [0.2, 0.25) is 5.91 Å². The summed E-state index contributed by atoms with van der Waals surface area (Å²) >= 11 is 0. The summed E-state index contributed by atoms with van der Waals surface area (Å²) in [4.78, 5) is 11.4. The van der Waals surface area contributed by atoms with E-state index in [0.29, 0.717) is 18.7 Å². The number of amides is 1. The van der Waals surface area contributed by atoms with Crippen molar-refractivity contribution in [1.29, 1.82) is 0 Å². The number of hydrogen-bond acceptors (Lipinski definition) is 3. The van der Waals surface area contributed by atoms with Gasteiger partial charge >= 0.3 is 0 Å². The summed E-state index contributed by atoms with van der Waals surface area (Å²) < 4.78 is 0. The standard InChI is InChI=1S/C11H16N2O2.ClH/c1-8-3-4-10(14)9(7-8)13-11(15)5-6-12-2;/h3-4,7,12,14H,5-6H2,1-2H3,(H,13,15);1H. The van der Waals surface area contributed by atoms with Gasteiger partial charge in [0.25, 0.3) is 0 Å². The van der Waals surface area contributed by atoms with Crippen LogP contribution in [0.25, 0.3) is 0 Å². The fraction of sp³-hybridized carbons (Fsp3) is 0.364. The average molecular weight is 245 g/mol. The predicted octanol–water partition coefficient (Wildman–Crippen LogP) is 1.67. The van der Waals surface area contributed by atoms with E-state index in [2.05, 4.69) is 10.6 Å². The second-order valence-electron chi connectivity index (χ2n) is 3.42. The minimum Gasteiger partial charge on any atom is -0.506 e. The fourth-order valence-electron chi connectivity index (χ4n) is 1.20. The molecule has 0 spiro atoms. The van der Waals surface area contributed by atoms with Gasteiger partial charge in [0.05, 0.1) is 5.69 Å². The summed E-state index contributed by atoms with van der Waals surface area (Å²) in [5.41, 5.74) is 1.47. The van der Waals surface area contributed by atoms with Crippen LogP contribution in [0.15, 0.2) is 18.2 Å². The number of nitrogens with one attached hydrogen (secondary N) is 2. The van der Waals surface area contributed by atoms with Gasteiger partial charge < -0.3 is 15.7 Å². The van der Waals surface area contributed by atoms with Crippen LogP contribution in [0.5, 0.6) is 5.75 Å². The Kier molecular flexibility index (Phi) is 6.53. The molecule has 1 aromatic carbocycles. The van der Waals surface area contributed by atoms with Crippen LogP contribution in [0.4, 0.5) is 5.69 Å². The molecule has 0 fully saturated rings. The molecule has 3 N–H and O–H groups in total. The van der Waals surface area contributed by atoms with Gasteiger partial charge in [-0.05, 0) is 31.7 Å². The number of phenolic OH excluding ortho intramolecular Hbond substituents is 1. The summed E-state index contributed by atoms with van der Waals surface area (Å²) in [5.74, 6) is -0.0105. The molecule has 4 nitrogen and oxygen atoms in total. The van der Waals surface area contributed by atoms with Crippen molar-refractivity contribution < 1.29 is 9.90 Å². The first-order valence-electron chi connectivity index (χ1n) is 4.87. The number of rotatable bonds is 4. The third-order valence-corrected chi connectivity index (χ3v) is 2.03. The number of phenols is 1. The number of halogens is 1. The van der Waals surface area contributed by atoms with Crippen LogP contribution in [-0.2, 0) is 4.79 Å². The molecule has 0 saturated heterocycles. The van der Waals surface area contributed by atoms with E-state index < -0.39 is 0 Å². The van der Waals surface area contributed by atoms with Gasteiger partial charge in [-0.1, -0.05) is 6.07 Å². The number of carbonyl (C=O) groups excluding carboxylic acids is 1. The Morgan fingerprint density at radius 3 is 2.75 bits per heavy atom. The second-order valence-corrected chi connectivity index (χ2v) is 3.42. The van der Waals surface area contributed by atoms with Crippen LogP contribution in [-0.4, -0.2) is 24.6 Å². The molecule has 0 aliphatic carbocycles. The smallest absolute Gasteiger partial charge is 0.225 e. The molecule has 90 valence electrons. The highest BCUT2D eigenvalue weighted by molar-refractivity contribution is 5.92. The van der Waals surface area contributed by atoms with E-state index >= 15 is 0 Å². The Morgan fingerprint density at radius 1 is 1.44 bits per heavy atom. The first kappa shape index (κ1) is 14.7. The molecule has 1 aromatic rings. The second kappa shape index (κ2) is 7.09. The number of benzene rings is 1. The third kappa shape index (κ3) is 4.51. The molecule has 0 radical (unpaired) electrons. The SMILES string of the molecule is CNCCC(=O)Nc1cc(C)ccc1O.Cl. The Bertz CT molecular complexity index is 356. The van der Waals surface area contributed by atoms with Crippen LogP contribution >= 0.6 is 12.4 Å². The molecule has 0 aliphatic rings. The van der Waals surface area contributed by atoms with E-state index in [1.165, 1.54) is 0 Å². The van der Waals surface area contributed by atoms with Gasteiger partial charge in [-0.25, -0.2) is 0 Å². The molecule has 5 heteroatoms. The van der Waals surface area contributed by atoms with Gasteiger partial charge in [-0.15, -0.1) is 12.4 Å². The van der Waals surface area contributed by atoms with Gasteiger partial charge in [0.1, 0.15) is 5.75 Å². The highest BCUT2D eigenvalue weighted by atomic mass is 35.5. The summed E-state index contributed by atoms with van der Waals surface area (Å²) in [6.45, 7) is 2.53. The topological polar surface area (TPSA) is 61.4 Å². The number of aryl methyl sites for hydroxylation is 1. The van der Waals surface area contributed by atoms with E-state index in [1.807, 2.05) is 6.92 Å². The summed E-state index contributed by atoms with van der Waals surface area (Å²) in [5, 5.41) is 15.0. The maximum atomic E-state index is 11.4. The fourth-order valence-corrected chi connectivity index (χ4v) is 1.20. The zero-order valence-electron chi connectivity index (χ0n) is 9.41. The molecule has 0 bridgehead atoms. The van der Waals surface area contributed by atoms with Crippen LogP contribution < -0.4 is 10.6 Å². The summed E-state index contributed by atoms with van der Waals surface area (Å²) in [7, 11) is 1.79. The van der Waals surface area contributed by atoms with E-state index in [1.54, 1.807) is 25.2 Å². The number of anilines is 1. The lowest BCUT2D eigenvalue weighted by Crippen LogP contribution is -2.18. The van der Waals surface area contributed by atoms with Crippen LogP contribution in [0.3, 0.4) is 0 Å². The first-order chi connectivity index (χ1) is 7.13. The molecule has 0 atom stereocenters. The number of hydrogen-bond donors (Lipinski definition) is 3. The van der Waals surface area contributed by atoms with Crippen molar-refractivity contribution in [2.24, 2.45) is 0 Å².